The maximum Gasteiger partial charge on any atom is 0.490 e. The van der Waals surface area contributed by atoms with Crippen molar-refractivity contribution in [2.24, 2.45) is 0 Å². The van der Waals surface area contributed by atoms with Crippen LogP contribution in [0.2, 0.25) is 0 Å². The monoisotopic (exact) mass is 507 g/mol. The van der Waals surface area contributed by atoms with Crippen LogP contribution in [-0.2, 0) is 31.6 Å². The average Bonchev–Trinajstić information content (AvgIpc) is 3.13. The van der Waals surface area contributed by atoms with E-state index in [1.807, 2.05) is 0 Å². The van der Waals surface area contributed by atoms with Crippen LogP contribution >= 0.6 is 23.5 Å². The molecule has 1 aliphatic rings. The lowest BCUT2D eigenvalue weighted by atomic mass is 10.1. The number of aromatic nitrogens is 4. The molecule has 0 saturated carbocycles. The first-order chi connectivity index (χ1) is 14.2. The van der Waals surface area contributed by atoms with Gasteiger partial charge in [-0.3, -0.25) is 9.09 Å². The van der Waals surface area contributed by atoms with Crippen LogP contribution in [0.5, 0.6) is 0 Å². The predicted molar refractivity (Wildman–Crippen MR) is 95.5 cm³/mol. The van der Waals surface area contributed by atoms with Crippen molar-refractivity contribution in [2.45, 2.75) is 24.5 Å². The van der Waals surface area contributed by atoms with Crippen LogP contribution in [0.3, 0.4) is 0 Å². The molecule has 2 aromatic heterocycles. The van der Waals surface area contributed by atoms with Gasteiger partial charge in [-0.25, -0.2) is 28.6 Å². The van der Waals surface area contributed by atoms with Crippen LogP contribution in [0.1, 0.15) is 6.23 Å². The number of ether oxygens (including phenoxy) is 1. The normalized spacial score (nSPS) is 28.5. The molecule has 0 spiro atoms. The summed E-state index contributed by atoms with van der Waals surface area (Å²) in [4.78, 5) is 47.2. The Morgan fingerprint density at radius 1 is 1.03 bits per heavy atom. The molecule has 3 heterocycles. The fraction of sp³-hybridized carbons (Fsp3) is 0.500. The lowest BCUT2D eigenvalue weighted by molar-refractivity contribution is -0.0503. The van der Waals surface area contributed by atoms with Gasteiger partial charge in [-0.1, -0.05) is 0 Å². The van der Waals surface area contributed by atoms with E-state index in [0.717, 1.165) is 6.33 Å². The van der Waals surface area contributed by atoms with E-state index in [-0.39, 0.29) is 17.0 Å². The lowest BCUT2D eigenvalue weighted by Gasteiger charge is -2.19. The maximum atomic E-state index is 11.8. The minimum atomic E-state index is -5.70. The molecule has 18 nitrogen and oxygen atoms in total. The van der Waals surface area contributed by atoms with Crippen LogP contribution in [0.25, 0.3) is 11.2 Å². The predicted octanol–water partition coefficient (Wildman–Crippen LogP) is -1.63. The van der Waals surface area contributed by atoms with Crippen LogP contribution in [-0.4, -0.2) is 74.2 Å². The minimum absolute atomic E-state index is 0.0426. The van der Waals surface area contributed by atoms with Crippen molar-refractivity contribution in [2.75, 3.05) is 12.3 Å². The number of nitrogen functional groups attached to an aromatic ring is 1. The van der Waals surface area contributed by atoms with Crippen molar-refractivity contribution in [3.8, 4) is 0 Å². The number of nitrogens with zero attached hydrogens (tertiary/aromatic N) is 4. The standard InChI is InChI=1S/C10H16N5O13P3/c11-8-5-9(13-2-12-8)15(3-14-5)10-7(17)6(16)4(26-10)1-25-30(21,22)28-31(23,24)27-29(18,19)20/h2-4,6-7,10,16-17H,1H2,(H,21,22)(H,23,24)(H2,11,12,13)(H2,18,19,20)/t4-,6-,7?,10-/m1/s1. The Balaban J connectivity index is 1.69. The molecule has 6 atom stereocenters. The van der Waals surface area contributed by atoms with E-state index in [0.29, 0.717) is 0 Å². The van der Waals surface area contributed by atoms with Gasteiger partial charge in [-0.05, 0) is 0 Å². The van der Waals surface area contributed by atoms with E-state index < -0.39 is 54.6 Å². The molecule has 31 heavy (non-hydrogen) atoms. The molecular formula is C10H16N5O13P3. The number of imidazole rings is 1. The Labute approximate surface area is 171 Å². The second-order valence-corrected chi connectivity index (χ2v) is 10.4. The van der Waals surface area contributed by atoms with E-state index in [2.05, 4.69) is 28.1 Å². The van der Waals surface area contributed by atoms with E-state index in [1.54, 1.807) is 0 Å². The molecule has 1 fully saturated rings. The zero-order valence-corrected chi connectivity index (χ0v) is 17.6. The molecule has 0 aliphatic carbocycles. The van der Waals surface area contributed by atoms with Gasteiger partial charge in [0.05, 0.1) is 12.9 Å². The first-order valence-electron chi connectivity index (χ1n) is 7.92. The Hall–Kier alpha value is -1.36. The van der Waals surface area contributed by atoms with Gasteiger partial charge in [0.25, 0.3) is 0 Å². The fourth-order valence-electron chi connectivity index (χ4n) is 2.62. The Bertz CT molecular complexity index is 1100. The van der Waals surface area contributed by atoms with Gasteiger partial charge >= 0.3 is 23.5 Å². The van der Waals surface area contributed by atoms with E-state index >= 15 is 0 Å². The van der Waals surface area contributed by atoms with Crippen molar-refractivity contribution in [1.29, 1.82) is 0 Å². The highest BCUT2D eigenvalue weighted by atomic mass is 31.3. The summed E-state index contributed by atoms with van der Waals surface area (Å²) in [6, 6.07) is 0. The molecule has 21 heteroatoms. The van der Waals surface area contributed by atoms with Crippen molar-refractivity contribution in [3.05, 3.63) is 12.7 Å². The molecule has 0 radical (unpaired) electrons. The minimum Gasteiger partial charge on any atom is -0.387 e. The van der Waals surface area contributed by atoms with Gasteiger partial charge in [0.15, 0.2) is 17.7 Å². The summed E-state index contributed by atoms with van der Waals surface area (Å²) < 4.78 is 51.9. The molecule has 0 amide bonds. The van der Waals surface area contributed by atoms with Crippen LogP contribution in [0, 0.1) is 0 Å². The number of anilines is 1. The summed E-state index contributed by atoms with van der Waals surface area (Å²) in [5.74, 6) is 0.0426. The largest absolute Gasteiger partial charge is 0.490 e. The third-order valence-electron chi connectivity index (χ3n) is 3.82. The number of phosphoric acid groups is 3. The van der Waals surface area contributed by atoms with Gasteiger partial charge in [0, 0.05) is 0 Å². The summed E-state index contributed by atoms with van der Waals surface area (Å²) in [6.45, 7) is -0.956. The highest BCUT2D eigenvalue weighted by Gasteiger charge is 2.47. The second-order valence-electron chi connectivity index (χ2n) is 6.02. The number of nitrogens with two attached hydrogens (primary N) is 1. The molecule has 1 saturated heterocycles. The SMILES string of the molecule is Nc1ncnc2c1ncn2[C@@H]1O[C@H](COP(=O)(O)OP(=O)(O)OP(=O)(O)O)[C@@H](O)C1O. The van der Waals surface area contributed by atoms with Crippen LogP contribution < -0.4 is 5.73 Å². The smallest absolute Gasteiger partial charge is 0.387 e. The highest BCUT2D eigenvalue weighted by molar-refractivity contribution is 7.66. The summed E-state index contributed by atoms with van der Waals surface area (Å²) in [5.41, 5.74) is 6.00. The molecule has 2 aromatic rings. The van der Waals surface area contributed by atoms with E-state index in [1.165, 1.54) is 10.9 Å². The first kappa shape index (κ1) is 24.3. The molecule has 3 rings (SSSR count). The van der Waals surface area contributed by atoms with Gasteiger partial charge in [-0.15, -0.1) is 0 Å². The van der Waals surface area contributed by atoms with E-state index in [9.17, 15) is 28.8 Å². The zero-order chi connectivity index (χ0) is 23.2. The molecule has 3 unspecified atom stereocenters. The number of aliphatic hydroxyl groups is 2. The van der Waals surface area contributed by atoms with Crippen LogP contribution in [0.4, 0.5) is 5.82 Å². The van der Waals surface area contributed by atoms with Gasteiger partial charge in [-0.2, -0.15) is 8.62 Å². The highest BCUT2D eigenvalue weighted by Crippen LogP contribution is 2.66. The molecule has 0 aromatic carbocycles. The third-order valence-corrected chi connectivity index (χ3v) is 7.62. The van der Waals surface area contributed by atoms with Crippen molar-refractivity contribution in [1.82, 2.24) is 19.5 Å². The topological polar surface area (TPSA) is 279 Å². The average molecular weight is 507 g/mol. The van der Waals surface area contributed by atoms with Crippen molar-refractivity contribution < 1.29 is 61.4 Å². The summed E-state index contributed by atoms with van der Waals surface area (Å²) in [5, 5.41) is 20.4. The molecule has 0 bridgehead atoms. The number of hydrogen-bond acceptors (Lipinski definition) is 13. The zero-order valence-electron chi connectivity index (χ0n) is 14.9. The first-order valence-corrected chi connectivity index (χ1v) is 12.4. The second kappa shape index (κ2) is 8.53. The Kier molecular flexibility index (Phi) is 6.68. The molecule has 8 N–H and O–H groups in total. The summed E-state index contributed by atoms with van der Waals surface area (Å²) >= 11 is 0. The quantitative estimate of drug-likeness (QED) is 0.197. The molecule has 174 valence electrons. The number of hydrogen-bond donors (Lipinski definition) is 7. The number of fused-ring (bicyclic) bond motifs is 1. The van der Waals surface area contributed by atoms with Gasteiger partial charge < -0.3 is 40.3 Å². The van der Waals surface area contributed by atoms with Gasteiger partial charge in [0.2, 0.25) is 0 Å². The summed E-state index contributed by atoms with van der Waals surface area (Å²) in [6.07, 6.45) is -3.69. The Morgan fingerprint density at radius 3 is 2.35 bits per heavy atom. The van der Waals surface area contributed by atoms with Crippen LogP contribution in [0.15, 0.2) is 12.7 Å². The maximum absolute atomic E-state index is 11.8. The van der Waals surface area contributed by atoms with E-state index in [4.69, 9.17) is 25.2 Å². The lowest BCUT2D eigenvalue weighted by Crippen LogP contribution is -2.33. The molecule has 1 aliphatic heterocycles. The Morgan fingerprint density at radius 2 is 1.71 bits per heavy atom. The number of aliphatic hydroxyl groups excluding tert-OH is 2. The number of phosphoric ester groups is 1. The summed E-state index contributed by atoms with van der Waals surface area (Å²) in [7, 11) is -16.7. The fourth-order valence-corrected chi connectivity index (χ4v) is 5.65. The van der Waals surface area contributed by atoms with Gasteiger partial charge in [0.1, 0.15) is 30.2 Å². The van der Waals surface area contributed by atoms with Crippen molar-refractivity contribution >= 4 is 40.4 Å². The number of rotatable bonds is 8. The molecular weight excluding hydrogens is 491 g/mol. The van der Waals surface area contributed by atoms with Crippen molar-refractivity contribution in [3.63, 3.8) is 0 Å². The third kappa shape index (κ3) is 5.71.